The van der Waals surface area contributed by atoms with E-state index in [1.165, 1.54) is 24.8 Å². The van der Waals surface area contributed by atoms with E-state index in [0.29, 0.717) is 23.2 Å². The lowest BCUT2D eigenvalue weighted by Gasteiger charge is -2.32. The zero-order chi connectivity index (χ0) is 23.5. The second-order valence-corrected chi connectivity index (χ2v) is 9.32. The van der Waals surface area contributed by atoms with Crippen LogP contribution in [0.15, 0.2) is 69.9 Å². The number of aryl methyl sites for hydroxylation is 1. The van der Waals surface area contributed by atoms with Crippen molar-refractivity contribution in [1.82, 2.24) is 14.8 Å². The molecular formula is C28H31N3O3. The molecule has 176 valence electrons. The molecule has 1 aliphatic rings. The van der Waals surface area contributed by atoms with Gasteiger partial charge in [0.2, 0.25) is 0 Å². The summed E-state index contributed by atoms with van der Waals surface area (Å²) in [6.07, 6.45) is 4.54. The number of para-hydroxylation sites is 1. The predicted molar refractivity (Wildman–Crippen MR) is 135 cm³/mol. The Morgan fingerprint density at radius 3 is 2.56 bits per heavy atom. The molecule has 6 nitrogen and oxygen atoms in total. The second-order valence-electron chi connectivity index (χ2n) is 9.32. The summed E-state index contributed by atoms with van der Waals surface area (Å²) in [6, 6.07) is 19.8. The largest absolute Gasteiger partial charge is 0.422 e. The van der Waals surface area contributed by atoms with Gasteiger partial charge in [-0.25, -0.2) is 4.79 Å². The number of benzene rings is 2. The molecule has 0 spiro atoms. The minimum absolute atomic E-state index is 0.163. The Kier molecular flexibility index (Phi) is 6.50. The molecule has 1 aliphatic heterocycles. The van der Waals surface area contributed by atoms with E-state index in [0.717, 1.165) is 42.9 Å². The minimum Gasteiger partial charge on any atom is -0.422 e. The van der Waals surface area contributed by atoms with Crippen molar-refractivity contribution in [3.63, 3.8) is 0 Å². The number of piperidine rings is 1. The number of aromatic nitrogens is 1. The number of fused-ring (bicyclic) bond motifs is 3. The van der Waals surface area contributed by atoms with Crippen molar-refractivity contribution in [2.24, 2.45) is 13.0 Å². The van der Waals surface area contributed by atoms with Crippen molar-refractivity contribution in [2.75, 3.05) is 26.2 Å². The van der Waals surface area contributed by atoms with Crippen molar-refractivity contribution in [1.29, 1.82) is 0 Å². The zero-order valence-electron chi connectivity index (χ0n) is 19.6. The third-order valence-electron chi connectivity index (χ3n) is 7.04. The number of likely N-dealkylation sites (tertiary alicyclic amines) is 1. The summed E-state index contributed by atoms with van der Waals surface area (Å²) in [6.45, 7) is 3.84. The maximum atomic E-state index is 12.9. The van der Waals surface area contributed by atoms with Crippen LogP contribution < -0.4 is 10.9 Å². The number of nitrogens with one attached hydrogen (secondary N) is 1. The first-order chi connectivity index (χ1) is 16.6. The normalized spacial score (nSPS) is 15.2. The highest BCUT2D eigenvalue weighted by atomic mass is 16.4. The average Bonchev–Trinajstić information content (AvgIpc) is 3.22. The fourth-order valence-electron chi connectivity index (χ4n) is 5.17. The molecular weight excluding hydrogens is 426 g/mol. The van der Waals surface area contributed by atoms with Crippen molar-refractivity contribution >= 4 is 27.8 Å². The number of hydrogen-bond acceptors (Lipinski definition) is 4. The molecule has 1 fully saturated rings. The maximum Gasteiger partial charge on any atom is 0.345 e. The van der Waals surface area contributed by atoms with Gasteiger partial charge in [0.25, 0.3) is 5.91 Å². The molecule has 3 heterocycles. The molecule has 2 aromatic carbocycles. The topological polar surface area (TPSA) is 67.5 Å². The fraction of sp³-hybridized carbons (Fsp3) is 0.357. The van der Waals surface area contributed by atoms with Crippen molar-refractivity contribution in [2.45, 2.75) is 25.7 Å². The summed E-state index contributed by atoms with van der Waals surface area (Å²) < 4.78 is 7.22. The minimum atomic E-state index is -0.418. The lowest BCUT2D eigenvalue weighted by molar-refractivity contribution is 0.0942. The first-order valence-electron chi connectivity index (χ1n) is 12.2. The number of amides is 1. The van der Waals surface area contributed by atoms with Crippen molar-refractivity contribution in [3.8, 4) is 0 Å². The molecule has 1 N–H and O–H groups in total. The van der Waals surface area contributed by atoms with E-state index in [1.54, 1.807) is 16.7 Å². The average molecular weight is 458 g/mol. The van der Waals surface area contributed by atoms with Gasteiger partial charge in [-0.1, -0.05) is 42.5 Å². The van der Waals surface area contributed by atoms with Gasteiger partial charge < -0.3 is 19.2 Å². The Balaban J connectivity index is 1.13. The number of rotatable bonds is 7. The van der Waals surface area contributed by atoms with Crippen LogP contribution in [0, 0.1) is 5.92 Å². The lowest BCUT2D eigenvalue weighted by atomic mass is 9.90. The maximum absolute atomic E-state index is 12.9. The van der Waals surface area contributed by atoms with Gasteiger partial charge in [0.15, 0.2) is 0 Å². The Labute approximate surface area is 199 Å². The SMILES string of the molecule is Cn1c(C(=O)NCCCN2CCC(Cc3ccccc3)CC2)cc2c(=O)oc3ccccc3c21. The molecule has 0 saturated carbocycles. The number of hydrogen-bond donors (Lipinski definition) is 1. The molecule has 0 radical (unpaired) electrons. The van der Waals surface area contributed by atoms with Gasteiger partial charge in [-0.05, 0) is 75.0 Å². The van der Waals surface area contributed by atoms with Crippen LogP contribution in [0.3, 0.4) is 0 Å². The smallest absolute Gasteiger partial charge is 0.345 e. The van der Waals surface area contributed by atoms with Crippen LogP contribution in [0.25, 0.3) is 21.9 Å². The summed E-state index contributed by atoms with van der Waals surface area (Å²) in [5.74, 6) is 0.599. The van der Waals surface area contributed by atoms with Crippen molar-refractivity contribution < 1.29 is 9.21 Å². The predicted octanol–water partition coefficient (Wildman–Crippen LogP) is 4.36. The first kappa shape index (κ1) is 22.4. The third kappa shape index (κ3) is 4.64. The van der Waals surface area contributed by atoms with E-state index in [9.17, 15) is 9.59 Å². The molecule has 4 aromatic rings. The molecule has 0 bridgehead atoms. The first-order valence-corrected chi connectivity index (χ1v) is 12.2. The second kappa shape index (κ2) is 9.85. The highest BCUT2D eigenvalue weighted by Gasteiger charge is 2.20. The third-order valence-corrected chi connectivity index (χ3v) is 7.04. The molecule has 6 heteroatoms. The molecule has 0 atom stereocenters. The number of nitrogens with zero attached hydrogens (tertiary/aromatic N) is 2. The van der Waals surface area contributed by atoms with Crippen LogP contribution in [0.4, 0.5) is 0 Å². The monoisotopic (exact) mass is 457 g/mol. The van der Waals surface area contributed by atoms with Gasteiger partial charge in [-0.2, -0.15) is 0 Å². The van der Waals surface area contributed by atoms with E-state index < -0.39 is 5.63 Å². The van der Waals surface area contributed by atoms with Crippen LogP contribution in [-0.2, 0) is 13.5 Å². The van der Waals surface area contributed by atoms with Crippen molar-refractivity contribution in [3.05, 3.63) is 82.3 Å². The standard InChI is InChI=1S/C28H31N3O3/c1-30-24(19-23-26(30)22-10-5-6-11-25(22)34-28(23)33)27(32)29-14-7-15-31-16-12-21(13-17-31)18-20-8-3-2-4-9-20/h2-6,8-11,19,21H,7,12-18H2,1H3,(H,29,32). The summed E-state index contributed by atoms with van der Waals surface area (Å²) in [4.78, 5) is 27.8. The van der Waals surface area contributed by atoms with Crippen LogP contribution in [0.1, 0.15) is 35.3 Å². The Hall–Kier alpha value is -3.38. The Morgan fingerprint density at radius 2 is 1.76 bits per heavy atom. The number of carbonyl (C=O) groups is 1. The summed E-state index contributed by atoms with van der Waals surface area (Å²) in [5, 5.41) is 4.29. The summed E-state index contributed by atoms with van der Waals surface area (Å²) >= 11 is 0. The lowest BCUT2D eigenvalue weighted by Crippen LogP contribution is -2.36. The van der Waals surface area contributed by atoms with E-state index in [4.69, 9.17) is 4.42 Å². The quantitative estimate of drug-likeness (QED) is 0.331. The molecule has 0 aliphatic carbocycles. The van der Waals surface area contributed by atoms with E-state index in [1.807, 2.05) is 25.2 Å². The van der Waals surface area contributed by atoms with Gasteiger partial charge >= 0.3 is 5.63 Å². The van der Waals surface area contributed by atoms with E-state index in [-0.39, 0.29) is 5.91 Å². The molecule has 1 amide bonds. The molecule has 34 heavy (non-hydrogen) atoms. The zero-order valence-corrected chi connectivity index (χ0v) is 19.6. The van der Waals surface area contributed by atoms with Gasteiger partial charge in [-0.3, -0.25) is 4.79 Å². The Morgan fingerprint density at radius 1 is 1.03 bits per heavy atom. The van der Waals surface area contributed by atoms with Gasteiger partial charge in [0.05, 0.1) is 10.9 Å². The van der Waals surface area contributed by atoms with Crippen LogP contribution in [-0.4, -0.2) is 41.6 Å². The number of carbonyl (C=O) groups excluding carboxylic acids is 1. The van der Waals surface area contributed by atoms with Gasteiger partial charge in [0.1, 0.15) is 11.3 Å². The summed E-state index contributed by atoms with van der Waals surface area (Å²) in [7, 11) is 1.82. The molecule has 2 aromatic heterocycles. The van der Waals surface area contributed by atoms with Crippen LogP contribution in [0.2, 0.25) is 0 Å². The van der Waals surface area contributed by atoms with E-state index >= 15 is 0 Å². The highest BCUT2D eigenvalue weighted by Crippen LogP contribution is 2.25. The fourth-order valence-corrected chi connectivity index (χ4v) is 5.17. The molecule has 5 rings (SSSR count). The van der Waals surface area contributed by atoms with Crippen LogP contribution in [0.5, 0.6) is 0 Å². The molecule has 0 unspecified atom stereocenters. The van der Waals surface area contributed by atoms with Gasteiger partial charge in [-0.15, -0.1) is 0 Å². The van der Waals surface area contributed by atoms with E-state index in [2.05, 4.69) is 40.5 Å². The van der Waals surface area contributed by atoms with Gasteiger partial charge in [0, 0.05) is 19.0 Å². The summed E-state index contributed by atoms with van der Waals surface area (Å²) in [5.41, 5.74) is 2.75. The highest BCUT2D eigenvalue weighted by molar-refractivity contribution is 6.07. The Bertz CT molecular complexity index is 1350. The van der Waals surface area contributed by atoms with Crippen LogP contribution >= 0.6 is 0 Å². The molecule has 1 saturated heterocycles.